The second-order valence-electron chi connectivity index (χ2n) is 3.51. The fourth-order valence-corrected chi connectivity index (χ4v) is 2.94. The van der Waals surface area contributed by atoms with Gasteiger partial charge in [-0.25, -0.2) is 18.6 Å². The molecule has 0 saturated heterocycles. The lowest BCUT2D eigenvalue weighted by molar-refractivity contribution is 0.0695. The molecule has 0 aliphatic rings. The van der Waals surface area contributed by atoms with Crippen molar-refractivity contribution >= 4 is 29.3 Å². The van der Waals surface area contributed by atoms with Gasteiger partial charge in [0.25, 0.3) is 0 Å². The van der Waals surface area contributed by atoms with Gasteiger partial charge in [0, 0.05) is 6.42 Å². The SMILES string of the molecule is CCc1nsc(Sc2c(F)cc(C(=O)O)cc2F)n1. The van der Waals surface area contributed by atoms with Gasteiger partial charge in [0.1, 0.15) is 17.5 Å². The second-order valence-corrected chi connectivity index (χ2v) is 5.52. The highest BCUT2D eigenvalue weighted by molar-refractivity contribution is 8.01. The summed E-state index contributed by atoms with van der Waals surface area (Å²) in [5.74, 6) is -2.61. The van der Waals surface area contributed by atoms with Gasteiger partial charge < -0.3 is 5.11 Å². The van der Waals surface area contributed by atoms with Crippen molar-refractivity contribution in [2.24, 2.45) is 0 Å². The van der Waals surface area contributed by atoms with Crippen LogP contribution < -0.4 is 0 Å². The van der Waals surface area contributed by atoms with Gasteiger partial charge in [0.15, 0.2) is 4.34 Å². The molecular weight excluding hydrogens is 294 g/mol. The molecule has 0 radical (unpaired) electrons. The maximum atomic E-state index is 13.7. The molecule has 0 aliphatic heterocycles. The summed E-state index contributed by atoms with van der Waals surface area (Å²) < 4.78 is 31.8. The predicted molar refractivity (Wildman–Crippen MR) is 66.7 cm³/mol. The molecule has 1 heterocycles. The minimum absolute atomic E-state index is 0.274. The number of halogens is 2. The third-order valence-electron chi connectivity index (χ3n) is 2.20. The van der Waals surface area contributed by atoms with Gasteiger partial charge in [-0.05, 0) is 23.7 Å². The number of carboxylic acids is 1. The number of aromatic nitrogens is 2. The molecule has 0 spiro atoms. The highest BCUT2D eigenvalue weighted by Gasteiger charge is 2.17. The Morgan fingerprint density at radius 3 is 2.53 bits per heavy atom. The van der Waals surface area contributed by atoms with Crippen LogP contribution in [0.2, 0.25) is 0 Å². The van der Waals surface area contributed by atoms with Crippen molar-refractivity contribution in [3.05, 3.63) is 35.2 Å². The van der Waals surface area contributed by atoms with Gasteiger partial charge in [0.05, 0.1) is 10.5 Å². The van der Waals surface area contributed by atoms with Crippen molar-refractivity contribution in [2.75, 3.05) is 0 Å². The van der Waals surface area contributed by atoms with Gasteiger partial charge in [-0.1, -0.05) is 18.7 Å². The average Bonchev–Trinajstić information content (AvgIpc) is 2.81. The van der Waals surface area contributed by atoms with Gasteiger partial charge in [-0.15, -0.1) is 0 Å². The standard InChI is InChI=1S/C11H8F2N2O2S2/c1-2-8-14-11(19-15-8)18-9-6(12)3-5(10(16)17)4-7(9)13/h3-4H,2H2,1H3,(H,16,17). The third-order valence-corrected chi connectivity index (χ3v) is 4.08. The molecule has 4 nitrogen and oxygen atoms in total. The van der Waals surface area contributed by atoms with Crippen molar-refractivity contribution in [1.29, 1.82) is 0 Å². The van der Waals surface area contributed by atoms with Crippen LogP contribution in [0, 0.1) is 11.6 Å². The van der Waals surface area contributed by atoms with Crippen LogP contribution in [0.15, 0.2) is 21.4 Å². The minimum atomic E-state index is -1.38. The highest BCUT2D eigenvalue weighted by Crippen LogP contribution is 2.33. The molecule has 0 atom stereocenters. The Bertz CT molecular complexity index is 608. The van der Waals surface area contributed by atoms with E-state index in [0.717, 1.165) is 35.4 Å². The molecule has 2 rings (SSSR count). The van der Waals surface area contributed by atoms with E-state index in [1.54, 1.807) is 0 Å². The molecule has 0 fully saturated rings. The van der Waals surface area contributed by atoms with Crippen molar-refractivity contribution in [3.8, 4) is 0 Å². The zero-order valence-corrected chi connectivity index (χ0v) is 11.3. The number of hydrogen-bond acceptors (Lipinski definition) is 5. The number of aryl methyl sites for hydroxylation is 1. The first-order valence-electron chi connectivity index (χ1n) is 5.24. The van der Waals surface area contributed by atoms with E-state index in [4.69, 9.17) is 5.11 Å². The predicted octanol–water partition coefficient (Wildman–Crippen LogP) is 3.23. The van der Waals surface area contributed by atoms with Gasteiger partial charge in [0.2, 0.25) is 0 Å². The largest absolute Gasteiger partial charge is 0.478 e. The normalized spacial score (nSPS) is 10.7. The summed E-state index contributed by atoms with van der Waals surface area (Å²) in [5, 5.41) is 8.69. The molecule has 1 aromatic heterocycles. The summed E-state index contributed by atoms with van der Waals surface area (Å²) in [6.45, 7) is 1.87. The maximum Gasteiger partial charge on any atom is 0.335 e. The lowest BCUT2D eigenvalue weighted by atomic mass is 10.2. The van der Waals surface area contributed by atoms with E-state index in [1.807, 2.05) is 6.92 Å². The first-order chi connectivity index (χ1) is 9.01. The summed E-state index contributed by atoms with van der Waals surface area (Å²) in [7, 11) is 0. The Hall–Kier alpha value is -1.54. The van der Waals surface area contributed by atoms with E-state index in [-0.39, 0.29) is 4.90 Å². The number of rotatable bonds is 4. The minimum Gasteiger partial charge on any atom is -0.478 e. The number of nitrogens with zero attached hydrogens (tertiary/aromatic N) is 2. The number of benzene rings is 1. The van der Waals surface area contributed by atoms with Crippen LogP contribution >= 0.6 is 23.3 Å². The number of aromatic carboxylic acids is 1. The van der Waals surface area contributed by atoms with Gasteiger partial charge >= 0.3 is 5.97 Å². The molecule has 0 amide bonds. The lowest BCUT2D eigenvalue weighted by Crippen LogP contribution is -2.00. The number of carbonyl (C=O) groups is 1. The van der Waals surface area contributed by atoms with Crippen LogP contribution in [0.5, 0.6) is 0 Å². The van der Waals surface area contributed by atoms with E-state index >= 15 is 0 Å². The monoisotopic (exact) mass is 302 g/mol. The topological polar surface area (TPSA) is 63.1 Å². The van der Waals surface area contributed by atoms with Crippen molar-refractivity contribution in [3.63, 3.8) is 0 Å². The lowest BCUT2D eigenvalue weighted by Gasteiger charge is -2.03. The van der Waals surface area contributed by atoms with Crippen LogP contribution in [0.4, 0.5) is 8.78 Å². The third kappa shape index (κ3) is 3.07. The van der Waals surface area contributed by atoms with Crippen molar-refractivity contribution in [2.45, 2.75) is 22.6 Å². The summed E-state index contributed by atoms with van der Waals surface area (Å²) in [6.07, 6.45) is 0.639. The van der Waals surface area contributed by atoms with Crippen LogP contribution in [-0.4, -0.2) is 20.4 Å². The summed E-state index contributed by atoms with van der Waals surface area (Å²) in [5.41, 5.74) is -0.425. The number of hydrogen-bond donors (Lipinski definition) is 1. The fraction of sp³-hybridized carbons (Fsp3) is 0.182. The Morgan fingerprint density at radius 2 is 2.05 bits per heavy atom. The van der Waals surface area contributed by atoms with E-state index in [1.165, 1.54) is 0 Å². The average molecular weight is 302 g/mol. The van der Waals surface area contributed by atoms with Gasteiger partial charge in [-0.3, -0.25) is 0 Å². The van der Waals surface area contributed by atoms with Gasteiger partial charge in [-0.2, -0.15) is 4.37 Å². The summed E-state index contributed by atoms with van der Waals surface area (Å²) in [4.78, 5) is 14.5. The molecule has 0 bridgehead atoms. The smallest absolute Gasteiger partial charge is 0.335 e. The molecule has 0 saturated carbocycles. The second kappa shape index (κ2) is 5.62. The first kappa shape index (κ1) is 13.9. The highest BCUT2D eigenvalue weighted by atomic mass is 32.2. The molecule has 0 unspecified atom stereocenters. The molecule has 1 aromatic carbocycles. The zero-order valence-electron chi connectivity index (χ0n) is 9.68. The quantitative estimate of drug-likeness (QED) is 0.939. The molecule has 1 N–H and O–H groups in total. The Kier molecular flexibility index (Phi) is 4.11. The van der Waals surface area contributed by atoms with E-state index in [0.29, 0.717) is 16.6 Å². The van der Waals surface area contributed by atoms with Crippen LogP contribution in [0.1, 0.15) is 23.1 Å². The van der Waals surface area contributed by atoms with Crippen LogP contribution in [0.25, 0.3) is 0 Å². The van der Waals surface area contributed by atoms with E-state index < -0.39 is 23.2 Å². The molecular formula is C11H8F2N2O2S2. The van der Waals surface area contributed by atoms with Crippen molar-refractivity contribution in [1.82, 2.24) is 9.36 Å². The number of carboxylic acid groups (broad SMARTS) is 1. The molecule has 100 valence electrons. The molecule has 19 heavy (non-hydrogen) atoms. The Morgan fingerprint density at radius 1 is 1.42 bits per heavy atom. The molecule has 0 aliphatic carbocycles. The maximum absolute atomic E-state index is 13.7. The summed E-state index contributed by atoms with van der Waals surface area (Å²) in [6, 6.07) is 1.57. The molecule has 8 heteroatoms. The fourth-order valence-electron chi connectivity index (χ4n) is 1.29. The first-order valence-corrected chi connectivity index (χ1v) is 6.83. The van der Waals surface area contributed by atoms with E-state index in [9.17, 15) is 13.6 Å². The van der Waals surface area contributed by atoms with Crippen LogP contribution in [-0.2, 0) is 6.42 Å². The van der Waals surface area contributed by atoms with E-state index in [2.05, 4.69) is 9.36 Å². The molecule has 2 aromatic rings. The zero-order chi connectivity index (χ0) is 14.0. The Labute approximate surface area is 115 Å². The van der Waals surface area contributed by atoms with Crippen molar-refractivity contribution < 1.29 is 18.7 Å². The Balaban J connectivity index is 2.32. The van der Waals surface area contributed by atoms with Crippen LogP contribution in [0.3, 0.4) is 0 Å². The summed E-state index contributed by atoms with van der Waals surface area (Å²) >= 11 is 1.85.